The molecule has 0 saturated carbocycles. The average Bonchev–Trinajstić information content (AvgIpc) is 2.70. The van der Waals surface area contributed by atoms with Gasteiger partial charge in [-0.3, -0.25) is 4.99 Å². The Bertz CT molecular complexity index is 505. The fourth-order valence-corrected chi connectivity index (χ4v) is 3.04. The van der Waals surface area contributed by atoms with Crippen LogP contribution in [0.2, 0.25) is 0 Å². The molecule has 0 aromatic heterocycles. The molecule has 0 amide bonds. The highest BCUT2D eigenvalue weighted by Crippen LogP contribution is 2.32. The van der Waals surface area contributed by atoms with Gasteiger partial charge in [0.1, 0.15) is 11.6 Å². The van der Waals surface area contributed by atoms with E-state index in [1.807, 2.05) is 39.0 Å². The Kier molecular flexibility index (Phi) is 4.53. The molecule has 1 heterocycles. The van der Waals surface area contributed by atoms with Crippen LogP contribution in [-0.2, 0) is 9.53 Å². The minimum atomic E-state index is -0.453. The summed E-state index contributed by atoms with van der Waals surface area (Å²) in [6, 6.07) is 9.77. The zero-order valence-corrected chi connectivity index (χ0v) is 13.2. The van der Waals surface area contributed by atoms with Gasteiger partial charge in [-0.05, 0) is 39.3 Å². The van der Waals surface area contributed by atoms with Crippen molar-refractivity contribution in [3.63, 3.8) is 0 Å². The fourth-order valence-electron chi connectivity index (χ4n) is 2.02. The molecule has 0 unspecified atom stereocenters. The van der Waals surface area contributed by atoms with Gasteiger partial charge >= 0.3 is 5.97 Å². The van der Waals surface area contributed by atoms with Gasteiger partial charge < -0.3 is 4.74 Å². The molecule has 1 aromatic carbocycles. The Morgan fingerprint density at radius 3 is 2.55 bits per heavy atom. The van der Waals surface area contributed by atoms with Gasteiger partial charge in [-0.1, -0.05) is 36.9 Å². The molecule has 2 atom stereocenters. The Morgan fingerprint density at radius 2 is 1.95 bits per heavy atom. The number of nitrogens with zero attached hydrogens (tertiary/aromatic N) is 1. The maximum atomic E-state index is 12.1. The smallest absolute Gasteiger partial charge is 0.331 e. The topological polar surface area (TPSA) is 38.7 Å². The van der Waals surface area contributed by atoms with E-state index in [0.29, 0.717) is 5.92 Å². The minimum absolute atomic E-state index is 0.215. The Hall–Kier alpha value is -1.29. The van der Waals surface area contributed by atoms with Crippen molar-refractivity contribution < 1.29 is 9.53 Å². The highest BCUT2D eigenvalue weighted by Gasteiger charge is 2.33. The van der Waals surface area contributed by atoms with E-state index in [0.717, 1.165) is 16.4 Å². The number of benzene rings is 1. The molecule has 20 heavy (non-hydrogen) atoms. The van der Waals surface area contributed by atoms with E-state index in [1.54, 1.807) is 11.8 Å². The zero-order chi connectivity index (χ0) is 14.8. The molecule has 1 aliphatic rings. The number of carbonyl (C=O) groups is 1. The van der Waals surface area contributed by atoms with Crippen LogP contribution >= 0.6 is 11.8 Å². The normalized spacial score (nSPS) is 22.5. The number of thioether (sulfide) groups is 1. The third-order valence-electron chi connectivity index (χ3n) is 2.93. The Balaban J connectivity index is 2.04. The zero-order valence-electron chi connectivity index (χ0n) is 12.4. The average molecular weight is 291 g/mol. The molecule has 0 saturated heterocycles. The van der Waals surface area contributed by atoms with Gasteiger partial charge in [0.25, 0.3) is 0 Å². The van der Waals surface area contributed by atoms with Gasteiger partial charge in [-0.2, -0.15) is 0 Å². The number of ether oxygens (including phenoxy) is 1. The summed E-state index contributed by atoms with van der Waals surface area (Å²) in [7, 11) is 0. The second-order valence-electron chi connectivity index (χ2n) is 6.07. The molecule has 0 fully saturated rings. The fraction of sp³-hybridized carbons (Fsp3) is 0.500. The second-order valence-corrected chi connectivity index (χ2v) is 7.16. The molecule has 0 spiro atoms. The van der Waals surface area contributed by atoms with E-state index in [4.69, 9.17) is 4.74 Å². The van der Waals surface area contributed by atoms with Crippen LogP contribution in [0.15, 0.2) is 40.2 Å². The molecule has 0 N–H and O–H groups in total. The summed E-state index contributed by atoms with van der Waals surface area (Å²) >= 11 is 1.64. The summed E-state index contributed by atoms with van der Waals surface area (Å²) in [4.78, 5) is 17.8. The van der Waals surface area contributed by atoms with E-state index < -0.39 is 5.60 Å². The SMILES string of the molecule is C[C@@H]1C[C@@H](C(=O)OC(C)(C)C)N=C1Sc1ccccc1. The van der Waals surface area contributed by atoms with Crippen LogP contribution in [0.1, 0.15) is 34.1 Å². The van der Waals surface area contributed by atoms with Crippen molar-refractivity contribution in [2.45, 2.75) is 50.7 Å². The van der Waals surface area contributed by atoms with Crippen LogP contribution in [0.4, 0.5) is 0 Å². The summed E-state index contributed by atoms with van der Waals surface area (Å²) in [5.41, 5.74) is -0.453. The van der Waals surface area contributed by atoms with Crippen molar-refractivity contribution in [2.24, 2.45) is 10.9 Å². The van der Waals surface area contributed by atoms with Crippen molar-refractivity contribution in [2.75, 3.05) is 0 Å². The molecular weight excluding hydrogens is 270 g/mol. The largest absolute Gasteiger partial charge is 0.458 e. The molecule has 0 radical (unpaired) electrons. The Labute approximate surface area is 124 Å². The van der Waals surface area contributed by atoms with E-state index in [2.05, 4.69) is 24.0 Å². The quantitative estimate of drug-likeness (QED) is 0.775. The summed E-state index contributed by atoms with van der Waals surface area (Å²) in [6.07, 6.45) is 0.740. The second kappa shape index (κ2) is 6.00. The first-order valence-electron chi connectivity index (χ1n) is 6.88. The van der Waals surface area contributed by atoms with E-state index in [1.165, 1.54) is 0 Å². The van der Waals surface area contributed by atoms with Crippen LogP contribution in [0.3, 0.4) is 0 Å². The van der Waals surface area contributed by atoms with Crippen molar-refractivity contribution in [1.82, 2.24) is 0 Å². The third-order valence-corrected chi connectivity index (χ3v) is 4.15. The standard InChI is InChI=1S/C16H21NO2S/c1-11-10-13(15(18)19-16(2,3)4)17-14(11)20-12-8-6-5-7-9-12/h5-9,11,13H,10H2,1-4H3/t11-,13+/m1/s1. The summed E-state index contributed by atoms with van der Waals surface area (Å²) in [5, 5.41) is 1.02. The number of rotatable bonds is 2. The summed E-state index contributed by atoms with van der Waals surface area (Å²) in [6.45, 7) is 7.75. The Morgan fingerprint density at radius 1 is 1.30 bits per heavy atom. The first-order chi connectivity index (χ1) is 9.35. The van der Waals surface area contributed by atoms with E-state index in [9.17, 15) is 4.79 Å². The van der Waals surface area contributed by atoms with Crippen molar-refractivity contribution >= 4 is 22.8 Å². The summed E-state index contributed by atoms with van der Waals surface area (Å²) < 4.78 is 5.41. The minimum Gasteiger partial charge on any atom is -0.458 e. The number of hydrogen-bond donors (Lipinski definition) is 0. The lowest BCUT2D eigenvalue weighted by atomic mass is 10.1. The number of esters is 1. The maximum absolute atomic E-state index is 12.1. The third kappa shape index (κ3) is 4.10. The van der Waals surface area contributed by atoms with Gasteiger partial charge in [0.15, 0.2) is 0 Å². The molecular formula is C16H21NO2S. The van der Waals surface area contributed by atoms with Gasteiger partial charge in [0, 0.05) is 10.8 Å². The van der Waals surface area contributed by atoms with Crippen molar-refractivity contribution in [3.8, 4) is 0 Å². The van der Waals surface area contributed by atoms with Gasteiger partial charge in [0.05, 0.1) is 5.04 Å². The summed E-state index contributed by atoms with van der Waals surface area (Å²) in [5.74, 6) is 0.0886. The van der Waals surface area contributed by atoms with Crippen LogP contribution in [-0.4, -0.2) is 22.7 Å². The predicted octanol–water partition coefficient (Wildman–Crippen LogP) is 3.93. The van der Waals surface area contributed by atoms with Crippen molar-refractivity contribution in [1.29, 1.82) is 0 Å². The van der Waals surface area contributed by atoms with E-state index >= 15 is 0 Å². The van der Waals surface area contributed by atoms with Crippen LogP contribution in [0.5, 0.6) is 0 Å². The predicted molar refractivity (Wildman–Crippen MR) is 83.1 cm³/mol. The van der Waals surface area contributed by atoms with Crippen LogP contribution in [0, 0.1) is 5.92 Å². The number of aliphatic imine (C=N–C) groups is 1. The molecule has 3 nitrogen and oxygen atoms in total. The molecule has 0 bridgehead atoms. The lowest BCUT2D eigenvalue weighted by molar-refractivity contribution is -0.156. The molecule has 108 valence electrons. The van der Waals surface area contributed by atoms with Crippen molar-refractivity contribution in [3.05, 3.63) is 30.3 Å². The highest BCUT2D eigenvalue weighted by atomic mass is 32.2. The monoisotopic (exact) mass is 291 g/mol. The van der Waals surface area contributed by atoms with Gasteiger partial charge in [-0.25, -0.2) is 4.79 Å². The van der Waals surface area contributed by atoms with Crippen LogP contribution < -0.4 is 0 Å². The lowest BCUT2D eigenvalue weighted by Crippen LogP contribution is -2.30. The van der Waals surface area contributed by atoms with Gasteiger partial charge in [0.2, 0.25) is 0 Å². The highest BCUT2D eigenvalue weighted by molar-refractivity contribution is 8.14. The molecule has 0 aliphatic carbocycles. The van der Waals surface area contributed by atoms with Gasteiger partial charge in [-0.15, -0.1) is 0 Å². The lowest BCUT2D eigenvalue weighted by Gasteiger charge is -2.21. The first kappa shape index (κ1) is 15.1. The number of carbonyl (C=O) groups excluding carboxylic acids is 1. The molecule has 1 aliphatic heterocycles. The maximum Gasteiger partial charge on any atom is 0.331 e. The number of hydrogen-bond acceptors (Lipinski definition) is 4. The molecule has 1 aromatic rings. The van der Waals surface area contributed by atoms with Crippen LogP contribution in [0.25, 0.3) is 0 Å². The molecule has 2 rings (SSSR count). The van der Waals surface area contributed by atoms with E-state index in [-0.39, 0.29) is 12.0 Å². The molecule has 4 heteroatoms. The first-order valence-corrected chi connectivity index (χ1v) is 7.70.